The molecule has 11 nitrogen and oxygen atoms in total. The van der Waals surface area contributed by atoms with Crippen molar-refractivity contribution in [1.82, 2.24) is 0 Å². The lowest BCUT2D eigenvalue weighted by molar-refractivity contribution is -0.161. The van der Waals surface area contributed by atoms with E-state index >= 15 is 0 Å². The molecule has 0 rings (SSSR count). The quantitative estimate of drug-likeness (QED) is 0.0197. The van der Waals surface area contributed by atoms with E-state index in [-0.39, 0.29) is 25.9 Å². The van der Waals surface area contributed by atoms with Crippen molar-refractivity contribution < 1.29 is 52.2 Å². The van der Waals surface area contributed by atoms with E-state index in [1.165, 1.54) is 116 Å². The van der Waals surface area contributed by atoms with E-state index in [1.807, 2.05) is 0 Å². The number of phosphoric ester groups is 1. The molecule has 0 aromatic rings. The number of allylic oxidation sites excluding steroid dienone is 6. The van der Waals surface area contributed by atoms with Gasteiger partial charge < -0.3 is 24.2 Å². The number of carbonyl (C=O) groups excluding carboxylic acids is 3. The number of aliphatic hydroxyl groups excluding tert-OH is 1. The zero-order valence-corrected chi connectivity index (χ0v) is 46.1. The maximum absolute atomic E-state index is 12.9. The maximum Gasteiger partial charge on any atom is 0.472 e. The van der Waals surface area contributed by atoms with Gasteiger partial charge in [-0.3, -0.25) is 23.4 Å². The smallest absolute Gasteiger partial charge is 0.462 e. The van der Waals surface area contributed by atoms with Crippen molar-refractivity contribution >= 4 is 25.7 Å². The first kappa shape index (κ1) is 67.7. The predicted octanol–water partition coefficient (Wildman–Crippen LogP) is 16.8. The second kappa shape index (κ2) is 53.0. The van der Waals surface area contributed by atoms with Gasteiger partial charge in [0.05, 0.1) is 19.8 Å². The largest absolute Gasteiger partial charge is 0.472 e. The summed E-state index contributed by atoms with van der Waals surface area (Å²) in [5.74, 6) is -1.47. The number of hydrogen-bond acceptors (Lipinski definition) is 10. The monoisotopic (exact) mass is 1010 g/mol. The molecule has 12 heteroatoms. The zero-order valence-electron chi connectivity index (χ0n) is 45.2. The fraction of sp³-hybridized carbons (Fsp3) is 0.845. The number of esters is 3. The normalized spacial score (nSPS) is 13.6. The highest BCUT2D eigenvalue weighted by Crippen LogP contribution is 2.43. The number of carbonyl (C=O) groups is 3. The Balaban J connectivity index is 4.70. The second-order valence-electron chi connectivity index (χ2n) is 19.4. The topological polar surface area (TPSA) is 155 Å². The van der Waals surface area contributed by atoms with Crippen molar-refractivity contribution in [2.75, 3.05) is 26.4 Å². The summed E-state index contributed by atoms with van der Waals surface area (Å²) in [6.45, 7) is 4.61. The molecule has 3 unspecified atom stereocenters. The van der Waals surface area contributed by atoms with Crippen molar-refractivity contribution in [2.45, 2.75) is 290 Å². The van der Waals surface area contributed by atoms with Gasteiger partial charge in [-0.15, -0.1) is 0 Å². The molecule has 0 saturated heterocycles. The van der Waals surface area contributed by atoms with Crippen LogP contribution in [0.15, 0.2) is 36.5 Å². The van der Waals surface area contributed by atoms with Gasteiger partial charge in [0, 0.05) is 19.3 Å². The third-order valence-corrected chi connectivity index (χ3v) is 13.5. The molecule has 0 bridgehead atoms. The molecule has 0 aliphatic heterocycles. The van der Waals surface area contributed by atoms with Crippen LogP contribution in [0.5, 0.6) is 0 Å². The average molecular weight is 1010 g/mol. The van der Waals surface area contributed by atoms with Crippen molar-refractivity contribution in [2.24, 2.45) is 0 Å². The molecule has 0 fully saturated rings. The van der Waals surface area contributed by atoms with E-state index in [4.69, 9.17) is 23.3 Å². The number of hydrogen-bond donors (Lipinski definition) is 2. The van der Waals surface area contributed by atoms with Crippen molar-refractivity contribution in [3.8, 4) is 0 Å². The Morgan fingerprint density at radius 2 is 0.657 bits per heavy atom. The number of ether oxygens (including phenoxy) is 3. The van der Waals surface area contributed by atoms with Crippen LogP contribution in [-0.2, 0) is 42.2 Å². The highest BCUT2D eigenvalue weighted by molar-refractivity contribution is 7.47. The van der Waals surface area contributed by atoms with Gasteiger partial charge in [0.25, 0.3) is 0 Å². The molecule has 0 saturated carbocycles. The van der Waals surface area contributed by atoms with Crippen LogP contribution in [0.2, 0.25) is 0 Å². The third kappa shape index (κ3) is 50.6. The number of unbranched alkanes of at least 4 members (excludes halogenated alkanes) is 31. The van der Waals surface area contributed by atoms with E-state index in [1.54, 1.807) is 0 Å². The second-order valence-corrected chi connectivity index (χ2v) is 20.9. The summed E-state index contributed by atoms with van der Waals surface area (Å²) in [6, 6.07) is 0. The number of aliphatic hydroxyl groups is 1. The predicted molar refractivity (Wildman–Crippen MR) is 289 cm³/mol. The van der Waals surface area contributed by atoms with Gasteiger partial charge in [-0.05, 0) is 96.3 Å². The minimum absolute atomic E-state index is 0.159. The highest BCUT2D eigenvalue weighted by atomic mass is 31.2. The van der Waals surface area contributed by atoms with Crippen LogP contribution < -0.4 is 0 Å². The van der Waals surface area contributed by atoms with E-state index in [0.717, 1.165) is 103 Å². The van der Waals surface area contributed by atoms with Gasteiger partial charge in [-0.2, -0.15) is 0 Å². The van der Waals surface area contributed by atoms with Crippen LogP contribution in [-0.4, -0.2) is 66.5 Å². The SMILES string of the molecule is CCCCCC/C=C\CCCCCCCC(=O)OC(CO)COP(=O)(O)OCC(COC(=O)CCCCCCCCC/C=C\CCCCCCCC)OC(=O)CCCCCCC/C=C\CCCCCC. The minimum atomic E-state index is -4.75. The van der Waals surface area contributed by atoms with Crippen LogP contribution in [0.25, 0.3) is 0 Å². The minimum Gasteiger partial charge on any atom is -0.462 e. The molecule has 410 valence electrons. The van der Waals surface area contributed by atoms with E-state index in [0.29, 0.717) is 19.3 Å². The zero-order chi connectivity index (χ0) is 51.3. The Bertz CT molecular complexity index is 1320. The standard InChI is InChI=1S/C58H107O11P/c1-4-7-10-13-16-19-22-25-26-27-28-31-32-35-38-41-44-47-56(60)65-51-55(69-58(62)49-46-43-40-37-34-30-24-21-18-15-12-9-6-3)53-67-70(63,64)66-52-54(50-59)68-57(61)48-45-42-39-36-33-29-23-20-17-14-11-8-5-2/h20-21,23-26,54-55,59H,4-19,22,27-53H2,1-3H3,(H,63,64)/b23-20-,24-21-,26-25-. The molecule has 0 heterocycles. The first-order chi connectivity index (χ1) is 34.2. The number of rotatable bonds is 54. The molecular weight excluding hydrogens is 904 g/mol. The van der Waals surface area contributed by atoms with Crippen molar-refractivity contribution in [1.29, 1.82) is 0 Å². The van der Waals surface area contributed by atoms with Crippen LogP contribution in [0, 0.1) is 0 Å². The number of phosphoric acid groups is 1. The molecule has 0 spiro atoms. The van der Waals surface area contributed by atoms with Crippen LogP contribution >= 0.6 is 7.82 Å². The molecule has 0 aromatic carbocycles. The summed E-state index contributed by atoms with van der Waals surface area (Å²) in [6.07, 6.45) is 53.8. The van der Waals surface area contributed by atoms with Gasteiger partial charge in [0.15, 0.2) is 6.10 Å². The Kier molecular flexibility index (Phi) is 51.3. The first-order valence-electron chi connectivity index (χ1n) is 28.9. The lowest BCUT2D eigenvalue weighted by atomic mass is 10.1. The summed E-state index contributed by atoms with van der Waals surface area (Å²) >= 11 is 0. The lowest BCUT2D eigenvalue weighted by Gasteiger charge is -2.21. The molecule has 2 N–H and O–H groups in total. The molecule has 3 atom stereocenters. The molecular formula is C58H107O11P. The summed E-state index contributed by atoms with van der Waals surface area (Å²) in [5.41, 5.74) is 0. The summed E-state index contributed by atoms with van der Waals surface area (Å²) in [7, 11) is -4.75. The van der Waals surface area contributed by atoms with E-state index in [2.05, 4.69) is 57.2 Å². The average Bonchev–Trinajstić information content (AvgIpc) is 3.35. The van der Waals surface area contributed by atoms with E-state index < -0.39 is 57.8 Å². The van der Waals surface area contributed by atoms with Crippen molar-refractivity contribution in [3.63, 3.8) is 0 Å². The van der Waals surface area contributed by atoms with Crippen LogP contribution in [0.4, 0.5) is 0 Å². The van der Waals surface area contributed by atoms with Crippen LogP contribution in [0.1, 0.15) is 278 Å². The lowest BCUT2D eigenvalue weighted by Crippen LogP contribution is -2.30. The molecule has 0 amide bonds. The molecule has 0 radical (unpaired) electrons. The molecule has 0 aromatic heterocycles. The maximum atomic E-state index is 12.9. The highest BCUT2D eigenvalue weighted by Gasteiger charge is 2.28. The third-order valence-electron chi connectivity index (χ3n) is 12.5. The Morgan fingerprint density at radius 1 is 0.386 bits per heavy atom. The summed E-state index contributed by atoms with van der Waals surface area (Å²) < 4.78 is 39.5. The first-order valence-corrected chi connectivity index (χ1v) is 30.4. The fourth-order valence-electron chi connectivity index (χ4n) is 8.05. The van der Waals surface area contributed by atoms with Gasteiger partial charge in [-0.25, -0.2) is 4.57 Å². The van der Waals surface area contributed by atoms with Gasteiger partial charge in [0.1, 0.15) is 12.7 Å². The molecule has 0 aliphatic rings. The Hall–Kier alpha value is -2.30. The molecule has 70 heavy (non-hydrogen) atoms. The van der Waals surface area contributed by atoms with Crippen LogP contribution in [0.3, 0.4) is 0 Å². The molecule has 0 aliphatic carbocycles. The Labute approximate surface area is 429 Å². The Morgan fingerprint density at radius 3 is 1.00 bits per heavy atom. The fourth-order valence-corrected chi connectivity index (χ4v) is 8.83. The summed E-state index contributed by atoms with van der Waals surface area (Å²) in [4.78, 5) is 48.5. The van der Waals surface area contributed by atoms with Gasteiger partial charge in [-0.1, -0.05) is 198 Å². The van der Waals surface area contributed by atoms with E-state index in [9.17, 15) is 28.9 Å². The van der Waals surface area contributed by atoms with Gasteiger partial charge >= 0.3 is 25.7 Å². The summed E-state index contributed by atoms with van der Waals surface area (Å²) in [5, 5.41) is 9.80. The van der Waals surface area contributed by atoms with Gasteiger partial charge in [0.2, 0.25) is 0 Å². The van der Waals surface area contributed by atoms with Crippen molar-refractivity contribution in [3.05, 3.63) is 36.5 Å².